The van der Waals surface area contributed by atoms with Crippen molar-refractivity contribution in [2.45, 2.75) is 0 Å². The monoisotopic (exact) mass is 412 g/mol. The lowest BCUT2D eigenvalue weighted by Crippen LogP contribution is -2.17. The number of ether oxygens (including phenoxy) is 1. The Labute approximate surface area is 155 Å². The molecule has 7 nitrogen and oxygen atoms in total. The zero-order valence-corrected chi connectivity index (χ0v) is 15.2. The molecule has 0 saturated carbocycles. The van der Waals surface area contributed by atoms with E-state index in [0.717, 1.165) is 20.1 Å². The maximum absolute atomic E-state index is 12.7. The Kier molecular flexibility index (Phi) is 3.96. The van der Waals surface area contributed by atoms with Crippen LogP contribution in [0.25, 0.3) is 21.9 Å². The van der Waals surface area contributed by atoms with Crippen LogP contribution in [0, 0.1) is 0 Å². The van der Waals surface area contributed by atoms with Crippen molar-refractivity contribution >= 4 is 44.1 Å². The first-order valence-corrected chi connectivity index (χ1v) is 8.46. The maximum Gasteiger partial charge on any atom is 0.298 e. The summed E-state index contributed by atoms with van der Waals surface area (Å²) in [6, 6.07) is 10.4. The normalized spacial score (nSPS) is 11.6. The highest BCUT2D eigenvalue weighted by Crippen LogP contribution is 2.25. The molecule has 0 radical (unpaired) electrons. The van der Waals surface area contributed by atoms with E-state index in [9.17, 15) is 9.90 Å². The highest BCUT2D eigenvalue weighted by atomic mass is 79.9. The van der Waals surface area contributed by atoms with Crippen molar-refractivity contribution < 1.29 is 9.84 Å². The van der Waals surface area contributed by atoms with Crippen LogP contribution in [0.5, 0.6) is 11.5 Å². The molecule has 0 fully saturated rings. The molecular weight excluding hydrogens is 400 g/mol. The number of fused-ring (bicyclic) bond motifs is 3. The molecule has 0 aliphatic carbocycles. The lowest BCUT2D eigenvalue weighted by molar-refractivity contribution is 0.412. The number of rotatable bonds is 3. The largest absolute Gasteiger partial charge is 0.507 e. The van der Waals surface area contributed by atoms with Gasteiger partial charge in [-0.1, -0.05) is 15.9 Å². The summed E-state index contributed by atoms with van der Waals surface area (Å²) < 4.78 is 7.15. The molecule has 8 heteroatoms. The molecule has 130 valence electrons. The molecule has 2 heterocycles. The van der Waals surface area contributed by atoms with Crippen LogP contribution in [0.4, 0.5) is 0 Å². The molecule has 0 saturated heterocycles. The molecule has 0 aliphatic heterocycles. The van der Waals surface area contributed by atoms with Crippen molar-refractivity contribution in [3.63, 3.8) is 0 Å². The number of aromatic amines is 1. The van der Waals surface area contributed by atoms with Gasteiger partial charge in [0.1, 0.15) is 28.9 Å². The van der Waals surface area contributed by atoms with E-state index in [4.69, 9.17) is 4.74 Å². The summed E-state index contributed by atoms with van der Waals surface area (Å²) in [4.78, 5) is 20.1. The van der Waals surface area contributed by atoms with Crippen molar-refractivity contribution in [2.24, 2.45) is 5.10 Å². The third-order valence-electron chi connectivity index (χ3n) is 4.01. The quantitative estimate of drug-likeness (QED) is 0.505. The average Bonchev–Trinajstić information content (AvgIpc) is 3.01. The number of hydrogen-bond donors (Lipinski definition) is 2. The molecule has 2 N–H and O–H groups in total. The summed E-state index contributed by atoms with van der Waals surface area (Å²) >= 11 is 3.42. The van der Waals surface area contributed by atoms with Crippen LogP contribution >= 0.6 is 15.9 Å². The molecule has 0 unspecified atom stereocenters. The number of methoxy groups -OCH3 is 1. The molecule has 0 aliphatic rings. The molecule has 0 atom stereocenters. The first-order chi connectivity index (χ1) is 12.6. The Bertz CT molecular complexity index is 1230. The van der Waals surface area contributed by atoms with Crippen molar-refractivity contribution in [1.82, 2.24) is 14.6 Å². The van der Waals surface area contributed by atoms with Crippen molar-refractivity contribution in [3.8, 4) is 11.5 Å². The van der Waals surface area contributed by atoms with Gasteiger partial charge in [-0.25, -0.2) is 4.98 Å². The summed E-state index contributed by atoms with van der Waals surface area (Å²) in [6.45, 7) is 0. The predicted molar refractivity (Wildman–Crippen MR) is 103 cm³/mol. The van der Waals surface area contributed by atoms with Crippen molar-refractivity contribution in [1.29, 1.82) is 0 Å². The van der Waals surface area contributed by atoms with Crippen LogP contribution in [0.15, 0.2) is 57.1 Å². The second kappa shape index (κ2) is 6.30. The first-order valence-electron chi connectivity index (χ1n) is 7.67. The van der Waals surface area contributed by atoms with Crippen LogP contribution in [0.3, 0.4) is 0 Å². The first kappa shape index (κ1) is 16.3. The van der Waals surface area contributed by atoms with Crippen LogP contribution in [-0.4, -0.2) is 33.1 Å². The van der Waals surface area contributed by atoms with Gasteiger partial charge in [0, 0.05) is 20.9 Å². The molecule has 0 spiro atoms. The average molecular weight is 413 g/mol. The smallest absolute Gasteiger partial charge is 0.298 e. The van der Waals surface area contributed by atoms with E-state index in [2.05, 4.69) is 31.0 Å². The van der Waals surface area contributed by atoms with E-state index in [0.29, 0.717) is 22.3 Å². The zero-order valence-electron chi connectivity index (χ0n) is 13.6. The van der Waals surface area contributed by atoms with Gasteiger partial charge in [0.2, 0.25) is 0 Å². The highest BCUT2D eigenvalue weighted by molar-refractivity contribution is 9.10. The second-order valence-electron chi connectivity index (χ2n) is 5.60. The molecule has 0 bridgehead atoms. The van der Waals surface area contributed by atoms with E-state index in [-0.39, 0.29) is 11.3 Å². The molecule has 4 aromatic rings. The number of phenols is 1. The Balaban J connectivity index is 1.82. The van der Waals surface area contributed by atoms with Crippen LogP contribution in [0.1, 0.15) is 5.56 Å². The number of hydrogen-bond acceptors (Lipinski definition) is 5. The van der Waals surface area contributed by atoms with E-state index < -0.39 is 0 Å². The predicted octanol–water partition coefficient (Wildman–Crippen LogP) is 3.24. The SMILES string of the molecule is COc1ccc(O)c(/C=N\n2cnc3c([nH]c4ccc(Br)cc43)c2=O)c1. The summed E-state index contributed by atoms with van der Waals surface area (Å²) in [5.74, 6) is 0.610. The summed E-state index contributed by atoms with van der Waals surface area (Å²) in [5, 5.41) is 14.9. The number of aromatic hydroxyl groups is 1. The van der Waals surface area contributed by atoms with E-state index in [1.54, 1.807) is 12.1 Å². The Hall–Kier alpha value is -3.13. The fourth-order valence-electron chi connectivity index (χ4n) is 2.69. The van der Waals surface area contributed by atoms with Crippen molar-refractivity contribution in [2.75, 3.05) is 7.11 Å². The zero-order chi connectivity index (χ0) is 18.3. The van der Waals surface area contributed by atoms with Crippen LogP contribution < -0.4 is 10.3 Å². The van der Waals surface area contributed by atoms with E-state index >= 15 is 0 Å². The van der Waals surface area contributed by atoms with Gasteiger partial charge >= 0.3 is 0 Å². The van der Waals surface area contributed by atoms with Crippen LogP contribution in [-0.2, 0) is 0 Å². The molecule has 2 aromatic heterocycles. The van der Waals surface area contributed by atoms with E-state index in [1.165, 1.54) is 25.7 Å². The lowest BCUT2D eigenvalue weighted by Gasteiger charge is -2.03. The topological polar surface area (TPSA) is 92.5 Å². The molecule has 4 rings (SSSR count). The Morgan fingerprint density at radius 2 is 2.15 bits per heavy atom. The van der Waals surface area contributed by atoms with Gasteiger partial charge in [-0.2, -0.15) is 9.78 Å². The molecule has 2 aromatic carbocycles. The lowest BCUT2D eigenvalue weighted by atomic mass is 10.2. The second-order valence-corrected chi connectivity index (χ2v) is 6.52. The van der Waals surface area contributed by atoms with E-state index in [1.807, 2.05) is 18.2 Å². The number of nitrogens with zero attached hydrogens (tertiary/aromatic N) is 3. The number of aromatic nitrogens is 3. The number of nitrogens with one attached hydrogen (secondary N) is 1. The number of halogens is 1. The highest BCUT2D eigenvalue weighted by Gasteiger charge is 2.11. The number of H-pyrrole nitrogens is 1. The summed E-state index contributed by atoms with van der Waals surface area (Å²) in [7, 11) is 1.53. The molecule has 26 heavy (non-hydrogen) atoms. The van der Waals surface area contributed by atoms with Gasteiger partial charge in [-0.15, -0.1) is 0 Å². The van der Waals surface area contributed by atoms with Crippen molar-refractivity contribution in [3.05, 3.63) is 63.1 Å². The minimum Gasteiger partial charge on any atom is -0.507 e. The molecule has 0 amide bonds. The van der Waals surface area contributed by atoms with Gasteiger partial charge in [0.05, 0.1) is 13.3 Å². The third kappa shape index (κ3) is 2.74. The van der Waals surface area contributed by atoms with Crippen LogP contribution in [0.2, 0.25) is 0 Å². The minimum atomic E-state index is -0.332. The Morgan fingerprint density at radius 1 is 1.31 bits per heavy atom. The van der Waals surface area contributed by atoms with Gasteiger partial charge in [-0.3, -0.25) is 4.79 Å². The van der Waals surface area contributed by atoms with Gasteiger partial charge in [0.15, 0.2) is 0 Å². The van der Waals surface area contributed by atoms with Gasteiger partial charge in [-0.05, 0) is 36.4 Å². The third-order valence-corrected chi connectivity index (χ3v) is 4.50. The summed E-state index contributed by atoms with van der Waals surface area (Å²) in [5.41, 5.74) is 1.87. The van der Waals surface area contributed by atoms with Gasteiger partial charge in [0.25, 0.3) is 5.56 Å². The maximum atomic E-state index is 12.7. The Morgan fingerprint density at radius 3 is 2.96 bits per heavy atom. The number of benzene rings is 2. The molecular formula is C18H13BrN4O3. The minimum absolute atomic E-state index is 0.0344. The fraction of sp³-hybridized carbons (Fsp3) is 0.0556. The standard InChI is InChI=1S/C18H13BrN4O3/c1-26-12-3-5-15(24)10(6-12)8-21-23-9-20-16-13-7-11(19)2-4-14(13)22-17(16)18(23)25/h2-9,22,24H,1H3/b21-8-. The van der Waals surface area contributed by atoms with Gasteiger partial charge < -0.3 is 14.8 Å². The fourth-order valence-corrected chi connectivity index (χ4v) is 3.05. The summed E-state index contributed by atoms with van der Waals surface area (Å²) in [6.07, 6.45) is 2.73. The number of phenolic OH excluding ortho intramolecular Hbond substituents is 1.